The first kappa shape index (κ1) is 18.6. The zero-order chi connectivity index (χ0) is 20.7. The molecule has 2 aliphatic rings. The number of methoxy groups -OCH3 is 1. The van der Waals surface area contributed by atoms with Gasteiger partial charge >= 0.3 is 0 Å². The fraction of sp³-hybridized carbons (Fsp3) is 0.167. The molecule has 0 N–H and O–H groups in total. The maximum absolute atomic E-state index is 13.5. The Bertz CT molecular complexity index is 1150. The third-order valence-electron chi connectivity index (χ3n) is 5.57. The van der Waals surface area contributed by atoms with E-state index in [-0.39, 0.29) is 18.4 Å². The van der Waals surface area contributed by atoms with Crippen molar-refractivity contribution in [3.05, 3.63) is 87.7 Å². The Balaban J connectivity index is 1.54. The summed E-state index contributed by atoms with van der Waals surface area (Å²) in [6.07, 6.45) is 0.858. The molecule has 0 spiro atoms. The number of para-hydroxylation sites is 1. The zero-order valence-corrected chi connectivity index (χ0v) is 17.3. The molecule has 0 unspecified atom stereocenters. The number of thiophene rings is 1. The van der Waals surface area contributed by atoms with Crippen LogP contribution in [0.5, 0.6) is 5.75 Å². The molecule has 0 aliphatic carbocycles. The van der Waals surface area contributed by atoms with E-state index in [0.717, 1.165) is 28.3 Å². The molecule has 0 radical (unpaired) electrons. The summed E-state index contributed by atoms with van der Waals surface area (Å²) in [4.78, 5) is 31.1. The topological polar surface area (TPSA) is 49.9 Å². The number of amides is 2. The highest BCUT2D eigenvalue weighted by molar-refractivity contribution is 7.11. The summed E-state index contributed by atoms with van der Waals surface area (Å²) in [6, 6.07) is 19.3. The number of nitrogens with zero attached hydrogens (tertiary/aromatic N) is 2. The molecule has 6 heteroatoms. The van der Waals surface area contributed by atoms with Gasteiger partial charge in [0, 0.05) is 17.1 Å². The first-order valence-corrected chi connectivity index (χ1v) is 10.7. The van der Waals surface area contributed by atoms with Gasteiger partial charge in [0.2, 0.25) is 0 Å². The number of rotatable bonds is 5. The van der Waals surface area contributed by atoms with E-state index in [0.29, 0.717) is 17.8 Å². The lowest BCUT2D eigenvalue weighted by Gasteiger charge is -2.21. The Morgan fingerprint density at radius 2 is 1.77 bits per heavy atom. The van der Waals surface area contributed by atoms with Gasteiger partial charge in [-0.15, -0.1) is 11.3 Å². The van der Waals surface area contributed by atoms with E-state index < -0.39 is 0 Å². The minimum absolute atomic E-state index is 0.232. The van der Waals surface area contributed by atoms with E-state index in [4.69, 9.17) is 4.74 Å². The van der Waals surface area contributed by atoms with Crippen LogP contribution < -0.4 is 9.64 Å². The van der Waals surface area contributed by atoms with Crippen LogP contribution in [0.15, 0.2) is 71.7 Å². The molecule has 30 heavy (non-hydrogen) atoms. The van der Waals surface area contributed by atoms with E-state index in [2.05, 4.69) is 6.07 Å². The number of imide groups is 1. The Kier molecular flexibility index (Phi) is 4.64. The molecule has 0 fully saturated rings. The van der Waals surface area contributed by atoms with Gasteiger partial charge in [-0.2, -0.15) is 0 Å². The molecule has 1 aromatic heterocycles. The summed E-state index contributed by atoms with van der Waals surface area (Å²) in [5.41, 5.74) is 4.07. The number of fused-ring (bicyclic) bond motifs is 1. The molecule has 3 heterocycles. The van der Waals surface area contributed by atoms with Gasteiger partial charge in [0.05, 0.1) is 19.2 Å². The van der Waals surface area contributed by atoms with Crippen molar-refractivity contribution in [3.8, 4) is 5.75 Å². The standard InChI is InChI=1S/C24H20N2O3S/c1-29-18-10-8-16(9-11-18)15-26-23(27)21(20-7-4-14-30-20)22(24(26)28)25-13-12-17-5-2-3-6-19(17)25/h2-11,14H,12-13,15H2,1H3. The van der Waals surface area contributed by atoms with E-state index in [1.54, 1.807) is 7.11 Å². The lowest BCUT2D eigenvalue weighted by Crippen LogP contribution is -2.34. The number of carbonyl (C=O) groups excluding carboxylic acids is 2. The van der Waals surface area contributed by atoms with Gasteiger partial charge in [-0.3, -0.25) is 14.5 Å². The minimum Gasteiger partial charge on any atom is -0.497 e. The second-order valence-electron chi connectivity index (χ2n) is 7.28. The van der Waals surface area contributed by atoms with Crippen LogP contribution in [0.1, 0.15) is 16.0 Å². The Morgan fingerprint density at radius 1 is 0.967 bits per heavy atom. The number of carbonyl (C=O) groups is 2. The highest BCUT2D eigenvalue weighted by atomic mass is 32.1. The summed E-state index contributed by atoms with van der Waals surface area (Å²) >= 11 is 1.48. The fourth-order valence-corrected chi connectivity index (χ4v) is 4.85. The van der Waals surface area contributed by atoms with Crippen LogP contribution in [-0.4, -0.2) is 30.4 Å². The van der Waals surface area contributed by atoms with Gasteiger partial charge in [0.1, 0.15) is 11.4 Å². The van der Waals surface area contributed by atoms with Crippen LogP contribution in [-0.2, 0) is 22.6 Å². The quantitative estimate of drug-likeness (QED) is 0.588. The summed E-state index contributed by atoms with van der Waals surface area (Å²) in [6.45, 7) is 0.925. The molecule has 150 valence electrons. The largest absolute Gasteiger partial charge is 0.497 e. The SMILES string of the molecule is COc1ccc(CN2C(=O)C(c3cccs3)=C(N3CCc4ccccc43)C2=O)cc1. The highest BCUT2D eigenvalue weighted by Crippen LogP contribution is 2.40. The molecule has 5 rings (SSSR count). The van der Waals surface area contributed by atoms with E-state index in [1.807, 2.05) is 64.9 Å². The second-order valence-corrected chi connectivity index (χ2v) is 8.22. The maximum Gasteiger partial charge on any atom is 0.278 e. The van der Waals surface area contributed by atoms with Crippen LogP contribution in [0.2, 0.25) is 0 Å². The van der Waals surface area contributed by atoms with Crippen LogP contribution in [0.25, 0.3) is 5.57 Å². The summed E-state index contributed by atoms with van der Waals surface area (Å²) < 4.78 is 5.20. The van der Waals surface area contributed by atoms with Crippen molar-refractivity contribution >= 4 is 34.4 Å². The van der Waals surface area contributed by atoms with Crippen molar-refractivity contribution < 1.29 is 14.3 Å². The van der Waals surface area contributed by atoms with E-state index >= 15 is 0 Å². The van der Waals surface area contributed by atoms with Crippen LogP contribution >= 0.6 is 11.3 Å². The second kappa shape index (κ2) is 7.46. The normalized spacial score (nSPS) is 15.9. The van der Waals surface area contributed by atoms with Crippen molar-refractivity contribution in [3.63, 3.8) is 0 Å². The average Bonchev–Trinajstić information content (AvgIpc) is 3.49. The zero-order valence-electron chi connectivity index (χ0n) is 16.5. The average molecular weight is 417 g/mol. The minimum atomic E-state index is -0.240. The fourth-order valence-electron chi connectivity index (χ4n) is 4.08. The van der Waals surface area contributed by atoms with Crippen molar-refractivity contribution in [2.24, 2.45) is 0 Å². The predicted molar refractivity (Wildman–Crippen MR) is 117 cm³/mol. The van der Waals surface area contributed by atoms with Crippen molar-refractivity contribution in [2.45, 2.75) is 13.0 Å². The summed E-state index contributed by atoms with van der Waals surface area (Å²) in [7, 11) is 1.61. The van der Waals surface area contributed by atoms with E-state index in [9.17, 15) is 9.59 Å². The third-order valence-corrected chi connectivity index (χ3v) is 6.46. The number of hydrogen-bond acceptors (Lipinski definition) is 5. The first-order chi connectivity index (χ1) is 14.7. The number of benzene rings is 2. The monoisotopic (exact) mass is 416 g/mol. The lowest BCUT2D eigenvalue weighted by molar-refractivity contribution is -0.137. The molecule has 2 aliphatic heterocycles. The Labute approximate surface area is 178 Å². The van der Waals surface area contributed by atoms with E-state index in [1.165, 1.54) is 21.8 Å². The Hall–Kier alpha value is -3.38. The number of anilines is 1. The molecule has 0 saturated heterocycles. The third kappa shape index (κ3) is 3.00. The number of ether oxygens (including phenoxy) is 1. The smallest absolute Gasteiger partial charge is 0.278 e. The van der Waals surface area contributed by atoms with Gasteiger partial charge in [0.15, 0.2) is 0 Å². The van der Waals surface area contributed by atoms with Gasteiger partial charge in [-0.05, 0) is 47.2 Å². The van der Waals surface area contributed by atoms with Gasteiger partial charge in [0.25, 0.3) is 11.8 Å². The van der Waals surface area contributed by atoms with Crippen molar-refractivity contribution in [1.29, 1.82) is 0 Å². The molecule has 5 nitrogen and oxygen atoms in total. The van der Waals surface area contributed by atoms with Crippen molar-refractivity contribution in [1.82, 2.24) is 4.90 Å². The van der Waals surface area contributed by atoms with Crippen LogP contribution in [0.4, 0.5) is 5.69 Å². The van der Waals surface area contributed by atoms with Gasteiger partial charge in [-0.1, -0.05) is 36.4 Å². The summed E-state index contributed by atoms with van der Waals surface area (Å²) in [5, 5.41) is 1.93. The molecule has 3 aromatic rings. The van der Waals surface area contributed by atoms with Gasteiger partial charge < -0.3 is 9.64 Å². The molecule has 2 amide bonds. The van der Waals surface area contributed by atoms with Crippen molar-refractivity contribution in [2.75, 3.05) is 18.6 Å². The molecule has 2 aromatic carbocycles. The molecular formula is C24H20N2O3S. The molecular weight excluding hydrogens is 396 g/mol. The molecule has 0 atom stereocenters. The highest BCUT2D eigenvalue weighted by Gasteiger charge is 2.43. The predicted octanol–water partition coefficient (Wildman–Crippen LogP) is 4.10. The lowest BCUT2D eigenvalue weighted by atomic mass is 10.1. The number of hydrogen-bond donors (Lipinski definition) is 0. The first-order valence-electron chi connectivity index (χ1n) is 9.80. The summed E-state index contributed by atoms with van der Waals surface area (Å²) in [5.74, 6) is 0.262. The maximum atomic E-state index is 13.5. The molecule has 0 saturated carbocycles. The van der Waals surface area contributed by atoms with Gasteiger partial charge in [-0.25, -0.2) is 0 Å². The van der Waals surface area contributed by atoms with Crippen LogP contribution in [0.3, 0.4) is 0 Å². The van der Waals surface area contributed by atoms with Crippen LogP contribution in [0, 0.1) is 0 Å². The Morgan fingerprint density at radius 3 is 2.50 bits per heavy atom. The molecule has 0 bridgehead atoms.